The highest BCUT2D eigenvalue weighted by atomic mass is 16.5. The predicted octanol–water partition coefficient (Wildman–Crippen LogP) is 4.24. The van der Waals surface area contributed by atoms with Gasteiger partial charge in [-0.15, -0.1) is 0 Å². The van der Waals surface area contributed by atoms with Crippen molar-refractivity contribution < 1.29 is 14.6 Å². The van der Waals surface area contributed by atoms with Crippen LogP contribution in [0.25, 0.3) is 0 Å². The molecular formula is C21H32O3. The number of ether oxygens (including phenoxy) is 1. The fraction of sp³-hybridized carbons (Fsp3) is 0.857. The van der Waals surface area contributed by atoms with Gasteiger partial charge in [0.2, 0.25) is 0 Å². The van der Waals surface area contributed by atoms with E-state index in [-0.39, 0.29) is 29.0 Å². The summed E-state index contributed by atoms with van der Waals surface area (Å²) in [5.74, 6) is 2.03. The minimum Gasteiger partial charge on any atom is -0.462 e. The van der Waals surface area contributed by atoms with Crippen LogP contribution in [0.2, 0.25) is 0 Å². The lowest BCUT2D eigenvalue weighted by Crippen LogP contribution is -2.51. The Balaban J connectivity index is 1.59. The highest BCUT2D eigenvalue weighted by Gasteiger charge is 2.58. The molecule has 0 aromatic rings. The maximum Gasteiger partial charge on any atom is 0.302 e. The summed E-state index contributed by atoms with van der Waals surface area (Å²) in [5, 5.41) is 10.5. The van der Waals surface area contributed by atoms with Gasteiger partial charge in [-0.05, 0) is 73.5 Å². The third kappa shape index (κ3) is 2.30. The van der Waals surface area contributed by atoms with Crippen molar-refractivity contribution in [3.05, 3.63) is 11.6 Å². The van der Waals surface area contributed by atoms with E-state index in [1.54, 1.807) is 5.57 Å². The van der Waals surface area contributed by atoms with Crippen molar-refractivity contribution in [3.8, 4) is 0 Å². The van der Waals surface area contributed by atoms with Gasteiger partial charge in [-0.3, -0.25) is 4.79 Å². The molecule has 7 atom stereocenters. The van der Waals surface area contributed by atoms with Gasteiger partial charge in [-0.1, -0.05) is 25.5 Å². The Kier molecular flexibility index (Phi) is 3.87. The minimum atomic E-state index is -0.147. The standard InChI is InChI=1S/C21H32O3/c1-13(22)24-15-8-10-20(2)14(12-15)4-5-16-17-6-7-19(23)21(17,3)11-9-18(16)20/h4,15-19,23H,5-12H2,1-3H3/t15-,16-,17+,18-,19-,20+,21-/m0/s1. The Hall–Kier alpha value is -0.830. The first-order chi connectivity index (χ1) is 11.3. The van der Waals surface area contributed by atoms with E-state index in [4.69, 9.17) is 4.74 Å². The molecule has 0 aromatic heterocycles. The molecule has 0 bridgehead atoms. The van der Waals surface area contributed by atoms with Gasteiger partial charge in [-0.25, -0.2) is 0 Å². The van der Waals surface area contributed by atoms with Gasteiger partial charge < -0.3 is 9.84 Å². The monoisotopic (exact) mass is 332 g/mol. The number of allylic oxidation sites excluding steroid dienone is 1. The number of fused-ring (bicyclic) bond motifs is 5. The van der Waals surface area contributed by atoms with Crippen LogP contribution < -0.4 is 0 Å². The molecule has 3 saturated carbocycles. The van der Waals surface area contributed by atoms with Crippen molar-refractivity contribution in [2.45, 2.75) is 84.3 Å². The van der Waals surface area contributed by atoms with Crippen LogP contribution in [0.3, 0.4) is 0 Å². The van der Waals surface area contributed by atoms with Crippen LogP contribution in [0.5, 0.6) is 0 Å². The Morgan fingerprint density at radius 2 is 1.96 bits per heavy atom. The van der Waals surface area contributed by atoms with Crippen LogP contribution in [-0.2, 0) is 9.53 Å². The average molecular weight is 332 g/mol. The van der Waals surface area contributed by atoms with Gasteiger partial charge in [0, 0.05) is 13.3 Å². The van der Waals surface area contributed by atoms with Gasteiger partial charge in [0.05, 0.1) is 6.10 Å². The van der Waals surface area contributed by atoms with E-state index < -0.39 is 0 Å². The number of rotatable bonds is 1. The van der Waals surface area contributed by atoms with Crippen molar-refractivity contribution in [3.63, 3.8) is 0 Å². The van der Waals surface area contributed by atoms with E-state index in [2.05, 4.69) is 19.9 Å². The Labute approximate surface area is 145 Å². The van der Waals surface area contributed by atoms with Crippen molar-refractivity contribution >= 4 is 5.97 Å². The molecule has 0 radical (unpaired) electrons. The largest absolute Gasteiger partial charge is 0.462 e. The maximum atomic E-state index is 11.3. The molecule has 3 fully saturated rings. The Bertz CT molecular complexity index is 567. The zero-order valence-electron chi connectivity index (χ0n) is 15.4. The fourth-order valence-corrected chi connectivity index (χ4v) is 6.94. The van der Waals surface area contributed by atoms with Gasteiger partial charge >= 0.3 is 5.97 Å². The Morgan fingerprint density at radius 1 is 1.17 bits per heavy atom. The lowest BCUT2D eigenvalue weighted by molar-refractivity contribution is -0.148. The molecule has 3 heteroatoms. The first kappa shape index (κ1) is 16.6. The van der Waals surface area contributed by atoms with Gasteiger partial charge in [0.1, 0.15) is 6.10 Å². The molecule has 0 unspecified atom stereocenters. The van der Waals surface area contributed by atoms with E-state index in [0.717, 1.165) is 43.9 Å². The number of aliphatic hydroxyl groups is 1. The summed E-state index contributed by atoms with van der Waals surface area (Å²) in [4.78, 5) is 11.3. The molecule has 0 spiro atoms. The Morgan fingerprint density at radius 3 is 2.71 bits per heavy atom. The number of carbonyl (C=O) groups excluding carboxylic acids is 1. The van der Waals surface area contributed by atoms with Crippen LogP contribution >= 0.6 is 0 Å². The predicted molar refractivity (Wildman–Crippen MR) is 93.3 cm³/mol. The molecule has 4 aliphatic rings. The van der Waals surface area contributed by atoms with Crippen molar-refractivity contribution in [1.29, 1.82) is 0 Å². The summed E-state index contributed by atoms with van der Waals surface area (Å²) in [5.41, 5.74) is 1.98. The second-order valence-electron chi connectivity index (χ2n) is 9.37. The first-order valence-electron chi connectivity index (χ1n) is 9.89. The molecule has 24 heavy (non-hydrogen) atoms. The summed E-state index contributed by atoms with van der Waals surface area (Å²) in [6.45, 7) is 6.32. The fourth-order valence-electron chi connectivity index (χ4n) is 6.94. The molecule has 0 aromatic carbocycles. The molecule has 0 saturated heterocycles. The molecule has 134 valence electrons. The molecule has 0 amide bonds. The van der Waals surface area contributed by atoms with Crippen LogP contribution in [0.4, 0.5) is 0 Å². The smallest absolute Gasteiger partial charge is 0.302 e. The van der Waals surface area contributed by atoms with E-state index in [1.165, 1.54) is 26.2 Å². The number of esters is 1. The summed E-state index contributed by atoms with van der Waals surface area (Å²) in [6.07, 6.45) is 11.3. The van der Waals surface area contributed by atoms with E-state index in [1.807, 2.05) is 0 Å². The number of carbonyl (C=O) groups is 1. The van der Waals surface area contributed by atoms with Crippen LogP contribution in [0.15, 0.2) is 11.6 Å². The van der Waals surface area contributed by atoms with Crippen LogP contribution in [0, 0.1) is 28.6 Å². The number of hydrogen-bond acceptors (Lipinski definition) is 3. The average Bonchev–Trinajstić information content (AvgIpc) is 2.83. The van der Waals surface area contributed by atoms with Crippen molar-refractivity contribution in [1.82, 2.24) is 0 Å². The maximum absolute atomic E-state index is 11.3. The van der Waals surface area contributed by atoms with Gasteiger partial charge in [0.25, 0.3) is 0 Å². The lowest BCUT2D eigenvalue weighted by Gasteiger charge is -2.57. The molecule has 0 aliphatic heterocycles. The minimum absolute atomic E-state index is 0.0838. The van der Waals surface area contributed by atoms with Crippen molar-refractivity contribution in [2.75, 3.05) is 0 Å². The zero-order valence-corrected chi connectivity index (χ0v) is 15.4. The lowest BCUT2D eigenvalue weighted by atomic mass is 9.48. The second kappa shape index (κ2) is 5.59. The molecule has 1 N–H and O–H groups in total. The molecule has 0 heterocycles. The van der Waals surface area contributed by atoms with Crippen LogP contribution in [0.1, 0.15) is 72.1 Å². The SMILES string of the molecule is CC(=O)O[C@H]1CC[C@]2(C)C(=CC[C@H]3[C@H]4CC[C@H](O)[C@@]4(C)CC[C@@H]32)C1. The second-order valence-corrected chi connectivity index (χ2v) is 9.37. The van der Waals surface area contributed by atoms with Crippen molar-refractivity contribution in [2.24, 2.45) is 28.6 Å². The summed E-state index contributed by atoms with van der Waals surface area (Å²) in [7, 11) is 0. The number of aliphatic hydroxyl groups excluding tert-OH is 1. The number of hydrogen-bond donors (Lipinski definition) is 1. The third-order valence-corrected chi connectivity index (χ3v) is 8.34. The first-order valence-corrected chi connectivity index (χ1v) is 9.89. The highest BCUT2D eigenvalue weighted by Crippen LogP contribution is 2.64. The zero-order chi connectivity index (χ0) is 17.1. The molecular weight excluding hydrogens is 300 g/mol. The third-order valence-electron chi connectivity index (χ3n) is 8.34. The van der Waals surface area contributed by atoms with Crippen LogP contribution in [-0.4, -0.2) is 23.3 Å². The van der Waals surface area contributed by atoms with E-state index in [9.17, 15) is 9.90 Å². The molecule has 3 nitrogen and oxygen atoms in total. The van der Waals surface area contributed by atoms with Gasteiger partial charge in [-0.2, -0.15) is 0 Å². The quantitative estimate of drug-likeness (QED) is 0.577. The summed E-state index contributed by atoms with van der Waals surface area (Å²) >= 11 is 0. The molecule has 4 aliphatic carbocycles. The van der Waals surface area contributed by atoms with Gasteiger partial charge in [0.15, 0.2) is 0 Å². The highest BCUT2D eigenvalue weighted by molar-refractivity contribution is 5.66. The van der Waals surface area contributed by atoms with E-state index >= 15 is 0 Å². The summed E-state index contributed by atoms with van der Waals surface area (Å²) in [6, 6.07) is 0. The van der Waals surface area contributed by atoms with E-state index in [0.29, 0.717) is 5.92 Å². The topological polar surface area (TPSA) is 46.5 Å². The normalized spacial score (nSPS) is 50.3. The molecule has 4 rings (SSSR count). The summed E-state index contributed by atoms with van der Waals surface area (Å²) < 4.78 is 5.51.